The van der Waals surface area contributed by atoms with Crippen molar-refractivity contribution in [1.29, 1.82) is 0 Å². The molecule has 0 saturated carbocycles. The number of sulfonamides is 1. The number of primary sulfonamides is 1. The average molecular weight is 256 g/mol. The molecule has 1 heterocycles. The van der Waals surface area contributed by atoms with E-state index in [1.807, 2.05) is 0 Å². The maximum Gasteiger partial charge on any atom is 0.238 e. The molecule has 1 aliphatic rings. The lowest BCUT2D eigenvalue weighted by molar-refractivity contribution is 0.167. The molecular weight excluding hydrogens is 240 g/mol. The van der Waals surface area contributed by atoms with E-state index in [1.165, 1.54) is 12.1 Å². The molecule has 1 aromatic carbocycles. The molecule has 1 aromatic rings. The maximum atomic E-state index is 11.1. The molecule has 0 aliphatic carbocycles. The summed E-state index contributed by atoms with van der Waals surface area (Å²) in [6, 6.07) is 6.19. The molecular formula is C11H16N2O3S. The molecule has 17 heavy (non-hydrogen) atoms. The van der Waals surface area contributed by atoms with Crippen molar-refractivity contribution in [3.8, 4) is 5.75 Å². The van der Waals surface area contributed by atoms with Crippen LogP contribution in [0.3, 0.4) is 0 Å². The predicted octanol–water partition coefficient (Wildman–Crippen LogP) is 0.465. The molecule has 1 fully saturated rings. The summed E-state index contributed by atoms with van der Waals surface area (Å²) in [6.07, 6.45) is 2.27. The summed E-state index contributed by atoms with van der Waals surface area (Å²) in [5, 5.41) is 8.26. The first-order chi connectivity index (χ1) is 8.05. The van der Waals surface area contributed by atoms with Crippen molar-refractivity contribution in [2.24, 2.45) is 5.14 Å². The summed E-state index contributed by atoms with van der Waals surface area (Å²) in [4.78, 5) is 0.103. The first-order valence-corrected chi connectivity index (χ1v) is 7.10. The van der Waals surface area contributed by atoms with Crippen molar-refractivity contribution in [3.63, 3.8) is 0 Å². The third-order valence-corrected chi connectivity index (χ3v) is 3.64. The lowest BCUT2D eigenvalue weighted by atomic mass is 10.1. The van der Waals surface area contributed by atoms with Gasteiger partial charge in [-0.1, -0.05) is 0 Å². The minimum Gasteiger partial charge on any atom is -0.489 e. The van der Waals surface area contributed by atoms with E-state index in [-0.39, 0.29) is 11.0 Å². The Morgan fingerprint density at radius 1 is 1.29 bits per heavy atom. The minimum absolute atomic E-state index is 0.103. The first kappa shape index (κ1) is 12.3. The molecule has 5 nitrogen and oxygen atoms in total. The Labute approximate surface area is 101 Å². The molecule has 0 aromatic heterocycles. The van der Waals surface area contributed by atoms with Crippen molar-refractivity contribution < 1.29 is 13.2 Å². The molecule has 6 heteroatoms. The van der Waals surface area contributed by atoms with Gasteiger partial charge in [0.2, 0.25) is 10.0 Å². The Balaban J connectivity index is 2.03. The Morgan fingerprint density at radius 3 is 2.53 bits per heavy atom. The highest BCUT2D eigenvalue weighted by Gasteiger charge is 2.14. The third kappa shape index (κ3) is 3.42. The second-order valence-electron chi connectivity index (χ2n) is 4.10. The van der Waals surface area contributed by atoms with Crippen LogP contribution >= 0.6 is 0 Å². The van der Waals surface area contributed by atoms with Gasteiger partial charge >= 0.3 is 0 Å². The zero-order valence-electron chi connectivity index (χ0n) is 9.43. The highest BCUT2D eigenvalue weighted by Crippen LogP contribution is 2.18. The fourth-order valence-electron chi connectivity index (χ4n) is 1.82. The summed E-state index contributed by atoms with van der Waals surface area (Å²) in [5.74, 6) is 0.672. The fraction of sp³-hybridized carbons (Fsp3) is 0.455. The van der Waals surface area contributed by atoms with Crippen LogP contribution < -0.4 is 15.2 Å². The zero-order chi connectivity index (χ0) is 12.3. The number of rotatable bonds is 3. The Bertz CT molecular complexity index is 464. The van der Waals surface area contributed by atoms with Crippen molar-refractivity contribution in [2.45, 2.75) is 23.8 Å². The van der Waals surface area contributed by atoms with Gasteiger partial charge in [-0.25, -0.2) is 13.6 Å². The molecule has 0 bridgehead atoms. The summed E-state index contributed by atoms with van der Waals surface area (Å²) >= 11 is 0. The van der Waals surface area contributed by atoms with Crippen LogP contribution in [-0.4, -0.2) is 27.6 Å². The number of ether oxygens (including phenoxy) is 1. The van der Waals surface area contributed by atoms with Crippen molar-refractivity contribution in [1.82, 2.24) is 5.32 Å². The first-order valence-electron chi connectivity index (χ1n) is 5.56. The number of hydrogen-bond donors (Lipinski definition) is 2. The van der Waals surface area contributed by atoms with E-state index in [2.05, 4.69) is 5.32 Å². The van der Waals surface area contributed by atoms with Gasteiger partial charge in [-0.15, -0.1) is 0 Å². The molecule has 0 radical (unpaired) electrons. The Hall–Kier alpha value is -1.11. The number of piperidine rings is 1. The molecule has 1 atom stereocenters. The molecule has 0 spiro atoms. The van der Waals surface area contributed by atoms with Crippen LogP contribution in [0.2, 0.25) is 0 Å². The van der Waals surface area contributed by atoms with Crippen LogP contribution in [0.1, 0.15) is 12.8 Å². The maximum absolute atomic E-state index is 11.1. The lowest BCUT2D eigenvalue weighted by Gasteiger charge is -2.23. The smallest absolute Gasteiger partial charge is 0.238 e. The summed E-state index contributed by atoms with van der Waals surface area (Å²) < 4.78 is 27.8. The van der Waals surface area contributed by atoms with Crippen molar-refractivity contribution in [3.05, 3.63) is 24.3 Å². The van der Waals surface area contributed by atoms with E-state index in [1.54, 1.807) is 12.1 Å². The van der Waals surface area contributed by atoms with E-state index < -0.39 is 10.0 Å². The van der Waals surface area contributed by atoms with Gasteiger partial charge in [0.25, 0.3) is 0 Å². The molecule has 94 valence electrons. The van der Waals surface area contributed by atoms with Crippen LogP contribution in [0.4, 0.5) is 0 Å². The van der Waals surface area contributed by atoms with Gasteiger partial charge in [0.15, 0.2) is 0 Å². The van der Waals surface area contributed by atoms with Gasteiger partial charge in [0, 0.05) is 6.54 Å². The van der Waals surface area contributed by atoms with E-state index >= 15 is 0 Å². The highest BCUT2D eigenvalue weighted by molar-refractivity contribution is 7.89. The van der Waals surface area contributed by atoms with Crippen molar-refractivity contribution >= 4 is 10.0 Å². The van der Waals surface area contributed by atoms with Crippen molar-refractivity contribution in [2.75, 3.05) is 13.1 Å². The van der Waals surface area contributed by atoms with Crippen LogP contribution in [0, 0.1) is 0 Å². The van der Waals surface area contributed by atoms with E-state index in [0.29, 0.717) is 5.75 Å². The Kier molecular flexibility index (Phi) is 3.66. The number of hydrogen-bond acceptors (Lipinski definition) is 4. The van der Waals surface area contributed by atoms with Gasteiger partial charge in [-0.3, -0.25) is 0 Å². The highest BCUT2D eigenvalue weighted by atomic mass is 32.2. The molecule has 0 amide bonds. The largest absolute Gasteiger partial charge is 0.489 e. The van der Waals surface area contributed by atoms with E-state index in [9.17, 15) is 8.42 Å². The van der Waals surface area contributed by atoms with E-state index in [4.69, 9.17) is 9.88 Å². The average Bonchev–Trinajstić information content (AvgIpc) is 2.30. The second kappa shape index (κ2) is 5.03. The molecule has 1 saturated heterocycles. The lowest BCUT2D eigenvalue weighted by Crippen LogP contribution is -2.37. The van der Waals surface area contributed by atoms with Gasteiger partial charge < -0.3 is 10.1 Å². The summed E-state index contributed by atoms with van der Waals surface area (Å²) in [6.45, 7) is 1.86. The minimum atomic E-state index is -3.62. The number of benzene rings is 1. The van der Waals surface area contributed by atoms with E-state index in [0.717, 1.165) is 25.9 Å². The standard InChI is InChI=1S/C11H16N2O3S/c12-17(14,15)11-5-3-9(4-6-11)16-10-2-1-7-13-8-10/h3-6,10,13H,1-2,7-8H2,(H2,12,14,15). The SMILES string of the molecule is NS(=O)(=O)c1ccc(OC2CCCNC2)cc1. The zero-order valence-corrected chi connectivity index (χ0v) is 10.2. The molecule has 3 N–H and O–H groups in total. The Morgan fingerprint density at radius 2 is 2.00 bits per heavy atom. The van der Waals surface area contributed by atoms with Crippen LogP contribution in [0.15, 0.2) is 29.2 Å². The van der Waals surface area contributed by atoms with Crippen LogP contribution in [0.5, 0.6) is 5.75 Å². The number of nitrogens with one attached hydrogen (secondary N) is 1. The normalized spacial score (nSPS) is 21.1. The quantitative estimate of drug-likeness (QED) is 0.823. The fourth-order valence-corrected chi connectivity index (χ4v) is 2.34. The van der Waals surface area contributed by atoms with Gasteiger partial charge in [-0.05, 0) is 43.7 Å². The molecule has 2 rings (SSSR count). The predicted molar refractivity (Wildman–Crippen MR) is 64.3 cm³/mol. The topological polar surface area (TPSA) is 81.4 Å². The summed E-state index contributed by atoms with van der Waals surface area (Å²) in [5.41, 5.74) is 0. The summed E-state index contributed by atoms with van der Waals surface area (Å²) in [7, 11) is -3.62. The molecule has 1 aliphatic heterocycles. The van der Waals surface area contributed by atoms with Gasteiger partial charge in [0.05, 0.1) is 4.90 Å². The van der Waals surface area contributed by atoms with Gasteiger partial charge in [0.1, 0.15) is 11.9 Å². The monoisotopic (exact) mass is 256 g/mol. The van der Waals surface area contributed by atoms with Crippen LogP contribution in [0.25, 0.3) is 0 Å². The van der Waals surface area contributed by atoms with Gasteiger partial charge in [-0.2, -0.15) is 0 Å². The second-order valence-corrected chi connectivity index (χ2v) is 5.66. The third-order valence-electron chi connectivity index (χ3n) is 2.71. The van der Waals surface area contributed by atoms with Crippen LogP contribution in [-0.2, 0) is 10.0 Å². The number of nitrogens with two attached hydrogens (primary N) is 1. The molecule has 1 unspecified atom stereocenters.